The maximum absolute atomic E-state index is 12.3. The van der Waals surface area contributed by atoms with Crippen LogP contribution in [0.4, 0.5) is 13.2 Å². The van der Waals surface area contributed by atoms with Crippen LogP contribution in [0, 0.1) is 5.92 Å². The molecule has 0 saturated heterocycles. The van der Waals surface area contributed by atoms with Crippen molar-refractivity contribution in [3.05, 3.63) is 29.8 Å². The molecule has 0 spiro atoms. The van der Waals surface area contributed by atoms with Gasteiger partial charge in [0.05, 0.1) is 0 Å². The standard InChI is InChI=1S/C12H13F3O2S/c1-8(2)11(16)7-9-4-3-5-10(6-9)18(17)12(13,14)15/h3-6,8H,7H2,1-2H3. The number of alkyl halides is 3. The summed E-state index contributed by atoms with van der Waals surface area (Å²) in [6.45, 7) is 3.44. The molecule has 1 aromatic carbocycles. The molecule has 18 heavy (non-hydrogen) atoms. The lowest BCUT2D eigenvalue weighted by atomic mass is 10.0. The van der Waals surface area contributed by atoms with Crippen LogP contribution in [0.1, 0.15) is 19.4 Å². The van der Waals surface area contributed by atoms with Gasteiger partial charge in [0.15, 0.2) is 10.8 Å². The summed E-state index contributed by atoms with van der Waals surface area (Å²) in [5, 5.41) is 0. The number of carbonyl (C=O) groups excluding carboxylic acids is 1. The molecule has 0 saturated carbocycles. The van der Waals surface area contributed by atoms with Gasteiger partial charge in [0.2, 0.25) is 0 Å². The van der Waals surface area contributed by atoms with E-state index in [1.807, 2.05) is 0 Å². The molecule has 1 atom stereocenters. The lowest BCUT2D eigenvalue weighted by Gasteiger charge is -2.08. The molecular weight excluding hydrogens is 265 g/mol. The van der Waals surface area contributed by atoms with Crippen molar-refractivity contribution in [2.75, 3.05) is 0 Å². The van der Waals surface area contributed by atoms with Crippen molar-refractivity contribution in [1.29, 1.82) is 0 Å². The molecule has 0 aromatic heterocycles. The van der Waals surface area contributed by atoms with E-state index in [0.717, 1.165) is 6.07 Å². The molecule has 0 aliphatic heterocycles. The normalized spacial score (nSPS) is 13.7. The Labute approximate surface area is 106 Å². The summed E-state index contributed by atoms with van der Waals surface area (Å²) in [5.74, 6) is -0.244. The topological polar surface area (TPSA) is 34.1 Å². The summed E-state index contributed by atoms with van der Waals surface area (Å²) < 4.78 is 48.0. The number of ketones is 1. The van der Waals surface area contributed by atoms with Crippen LogP contribution in [0.25, 0.3) is 0 Å². The van der Waals surface area contributed by atoms with Gasteiger partial charge < -0.3 is 0 Å². The number of hydrogen-bond acceptors (Lipinski definition) is 2. The molecule has 0 fully saturated rings. The van der Waals surface area contributed by atoms with Gasteiger partial charge in [-0.1, -0.05) is 26.0 Å². The van der Waals surface area contributed by atoms with Crippen LogP contribution < -0.4 is 0 Å². The Balaban J connectivity index is 2.93. The number of Topliss-reactive ketones (excluding diaryl/α,β-unsaturated/α-hetero) is 1. The minimum absolute atomic E-state index is 0.0561. The quantitative estimate of drug-likeness (QED) is 0.848. The highest BCUT2D eigenvalue weighted by molar-refractivity contribution is 7.86. The van der Waals surface area contributed by atoms with Gasteiger partial charge >= 0.3 is 5.51 Å². The third-order valence-electron chi connectivity index (χ3n) is 2.35. The zero-order valence-corrected chi connectivity index (χ0v) is 10.8. The Morgan fingerprint density at radius 2 is 1.94 bits per heavy atom. The molecule has 100 valence electrons. The third kappa shape index (κ3) is 3.94. The van der Waals surface area contributed by atoms with Gasteiger partial charge in [-0.2, -0.15) is 13.2 Å². The maximum atomic E-state index is 12.3. The fourth-order valence-corrected chi connectivity index (χ4v) is 2.04. The zero-order chi connectivity index (χ0) is 13.9. The van der Waals surface area contributed by atoms with Gasteiger partial charge in [0.25, 0.3) is 0 Å². The Kier molecular flexibility index (Phi) is 4.67. The maximum Gasteiger partial charge on any atom is 0.475 e. The van der Waals surface area contributed by atoms with Gasteiger partial charge in [-0.15, -0.1) is 0 Å². The van der Waals surface area contributed by atoms with Crippen LogP contribution in [0.15, 0.2) is 29.2 Å². The van der Waals surface area contributed by atoms with Crippen LogP contribution in [0.5, 0.6) is 0 Å². The van der Waals surface area contributed by atoms with E-state index in [4.69, 9.17) is 0 Å². The Morgan fingerprint density at radius 1 is 1.33 bits per heavy atom. The molecule has 0 N–H and O–H groups in total. The van der Waals surface area contributed by atoms with Crippen molar-refractivity contribution < 1.29 is 22.2 Å². The first kappa shape index (κ1) is 14.9. The van der Waals surface area contributed by atoms with E-state index in [9.17, 15) is 22.2 Å². The minimum Gasteiger partial charge on any atom is -0.299 e. The molecule has 1 aromatic rings. The highest BCUT2D eigenvalue weighted by Gasteiger charge is 2.37. The van der Waals surface area contributed by atoms with Crippen molar-refractivity contribution >= 4 is 16.6 Å². The lowest BCUT2D eigenvalue weighted by molar-refractivity contribution is -0.121. The molecule has 2 nitrogen and oxygen atoms in total. The van der Waals surface area contributed by atoms with Crippen LogP contribution in [0.3, 0.4) is 0 Å². The highest BCUT2D eigenvalue weighted by atomic mass is 32.2. The summed E-state index contributed by atoms with van der Waals surface area (Å²) >= 11 is 0. The van der Waals surface area contributed by atoms with Crippen molar-refractivity contribution in [3.8, 4) is 0 Å². The minimum atomic E-state index is -4.78. The van der Waals surface area contributed by atoms with E-state index < -0.39 is 16.3 Å². The van der Waals surface area contributed by atoms with E-state index in [1.54, 1.807) is 19.9 Å². The molecule has 0 amide bonds. The molecule has 0 radical (unpaired) electrons. The number of benzene rings is 1. The van der Waals surface area contributed by atoms with Crippen molar-refractivity contribution in [3.63, 3.8) is 0 Å². The molecule has 1 rings (SSSR count). The lowest BCUT2D eigenvalue weighted by Crippen LogP contribution is -2.16. The SMILES string of the molecule is CC(C)C(=O)Cc1cccc(S(=O)C(F)(F)F)c1. The third-order valence-corrected chi connectivity index (χ3v) is 3.45. The first-order valence-electron chi connectivity index (χ1n) is 5.32. The Morgan fingerprint density at radius 3 is 2.44 bits per heavy atom. The number of halogens is 3. The molecule has 0 heterocycles. The van der Waals surface area contributed by atoms with E-state index in [-0.39, 0.29) is 23.0 Å². The summed E-state index contributed by atoms with van der Waals surface area (Å²) in [5.41, 5.74) is -4.33. The second kappa shape index (κ2) is 5.65. The van der Waals surface area contributed by atoms with E-state index in [2.05, 4.69) is 0 Å². The first-order valence-corrected chi connectivity index (χ1v) is 6.47. The fourth-order valence-electron chi connectivity index (χ4n) is 1.31. The number of carbonyl (C=O) groups is 1. The predicted octanol–water partition coefficient (Wildman–Crippen LogP) is 3.08. The van der Waals surface area contributed by atoms with Crippen LogP contribution in [0.2, 0.25) is 0 Å². The summed E-state index contributed by atoms with van der Waals surface area (Å²) in [6.07, 6.45) is 0.0561. The Bertz CT molecular complexity index is 467. The fraction of sp³-hybridized carbons (Fsp3) is 0.417. The smallest absolute Gasteiger partial charge is 0.299 e. The molecule has 6 heteroatoms. The monoisotopic (exact) mass is 278 g/mol. The Hall–Kier alpha value is -1.17. The van der Waals surface area contributed by atoms with E-state index >= 15 is 0 Å². The van der Waals surface area contributed by atoms with E-state index in [1.165, 1.54) is 12.1 Å². The predicted molar refractivity (Wildman–Crippen MR) is 62.5 cm³/mol. The van der Waals surface area contributed by atoms with Crippen LogP contribution in [-0.2, 0) is 22.0 Å². The molecule has 0 bridgehead atoms. The highest BCUT2D eigenvalue weighted by Crippen LogP contribution is 2.26. The van der Waals surface area contributed by atoms with Gasteiger partial charge in [-0.25, -0.2) is 4.21 Å². The summed E-state index contributed by atoms with van der Waals surface area (Å²) in [6, 6.07) is 5.25. The number of hydrogen-bond donors (Lipinski definition) is 0. The number of rotatable bonds is 4. The second-order valence-electron chi connectivity index (χ2n) is 4.16. The second-order valence-corrected chi connectivity index (χ2v) is 5.63. The van der Waals surface area contributed by atoms with Crippen molar-refractivity contribution in [1.82, 2.24) is 0 Å². The van der Waals surface area contributed by atoms with Gasteiger partial charge in [0, 0.05) is 17.2 Å². The van der Waals surface area contributed by atoms with Gasteiger partial charge in [-0.05, 0) is 17.7 Å². The van der Waals surface area contributed by atoms with Gasteiger partial charge in [-0.3, -0.25) is 4.79 Å². The van der Waals surface area contributed by atoms with Crippen molar-refractivity contribution in [2.45, 2.75) is 30.7 Å². The summed E-state index contributed by atoms with van der Waals surface area (Å²) in [7, 11) is -3.05. The van der Waals surface area contributed by atoms with Gasteiger partial charge in [0.1, 0.15) is 5.78 Å². The molecule has 1 unspecified atom stereocenters. The van der Waals surface area contributed by atoms with E-state index in [0.29, 0.717) is 5.56 Å². The average Bonchev–Trinajstić information content (AvgIpc) is 2.27. The molecular formula is C12H13F3O2S. The zero-order valence-electron chi connectivity index (χ0n) is 9.95. The van der Waals surface area contributed by atoms with Crippen LogP contribution in [-0.4, -0.2) is 15.5 Å². The largest absolute Gasteiger partial charge is 0.475 e. The van der Waals surface area contributed by atoms with Crippen LogP contribution >= 0.6 is 0 Å². The average molecular weight is 278 g/mol. The van der Waals surface area contributed by atoms with Crippen molar-refractivity contribution in [2.24, 2.45) is 5.92 Å². The summed E-state index contributed by atoms with van der Waals surface area (Å²) in [4.78, 5) is 11.2. The molecule has 0 aliphatic carbocycles. The first-order chi connectivity index (χ1) is 8.21. The molecule has 0 aliphatic rings.